The molecular formula is C26H27BrN4O4S. The molecule has 0 atom stereocenters. The summed E-state index contributed by atoms with van der Waals surface area (Å²) in [7, 11) is 0. The molecule has 0 radical (unpaired) electrons. The van der Waals surface area contributed by atoms with Crippen molar-refractivity contribution < 1.29 is 19.0 Å². The summed E-state index contributed by atoms with van der Waals surface area (Å²) in [6.07, 6.45) is 2.33. The molecule has 0 aliphatic carbocycles. The van der Waals surface area contributed by atoms with Crippen molar-refractivity contribution in [2.24, 2.45) is 10.1 Å². The Bertz CT molecular complexity index is 1310. The van der Waals surface area contributed by atoms with E-state index in [9.17, 15) is 4.79 Å². The van der Waals surface area contributed by atoms with Crippen LogP contribution in [0.4, 0.5) is 0 Å². The average molecular weight is 571 g/mol. The van der Waals surface area contributed by atoms with Crippen LogP contribution in [0.5, 0.6) is 17.2 Å². The van der Waals surface area contributed by atoms with Gasteiger partial charge < -0.3 is 14.2 Å². The molecular weight excluding hydrogens is 544 g/mol. The van der Waals surface area contributed by atoms with Crippen LogP contribution in [0.15, 0.2) is 50.5 Å². The Morgan fingerprint density at radius 1 is 1.08 bits per heavy atom. The topological polar surface area (TPSA) is 96.6 Å². The monoisotopic (exact) mass is 570 g/mol. The molecule has 0 saturated heterocycles. The number of rotatable bonds is 9. The Morgan fingerprint density at radius 2 is 1.86 bits per heavy atom. The molecule has 8 nitrogen and oxygen atoms in total. The van der Waals surface area contributed by atoms with Crippen molar-refractivity contribution in [1.82, 2.24) is 5.01 Å². The van der Waals surface area contributed by atoms with E-state index < -0.39 is 5.91 Å². The normalized spacial score (nSPS) is 16.1. The Kier molecular flexibility index (Phi) is 8.15. The summed E-state index contributed by atoms with van der Waals surface area (Å²) in [4.78, 5) is 16.8. The van der Waals surface area contributed by atoms with Crippen LogP contribution in [0.3, 0.4) is 0 Å². The van der Waals surface area contributed by atoms with Crippen LogP contribution < -0.4 is 14.2 Å². The highest BCUT2D eigenvalue weighted by Gasteiger charge is 2.35. The molecule has 0 fully saturated rings. The number of hydrogen-bond donors (Lipinski definition) is 1. The molecule has 2 aliphatic rings. The van der Waals surface area contributed by atoms with Crippen LogP contribution in [0.1, 0.15) is 37.0 Å². The van der Waals surface area contributed by atoms with Crippen LogP contribution in [0, 0.1) is 19.3 Å². The zero-order chi connectivity index (χ0) is 25.8. The Balaban J connectivity index is 1.50. The third-order valence-corrected chi connectivity index (χ3v) is 7.16. The number of aliphatic imine (C=N–C) groups is 1. The van der Waals surface area contributed by atoms with Crippen LogP contribution in [0.25, 0.3) is 6.08 Å². The van der Waals surface area contributed by atoms with Gasteiger partial charge >= 0.3 is 0 Å². The summed E-state index contributed by atoms with van der Waals surface area (Å²) in [5.41, 5.74) is 3.22. The number of thioether (sulfide) groups is 1. The summed E-state index contributed by atoms with van der Waals surface area (Å²) < 4.78 is 18.3. The molecule has 188 valence electrons. The van der Waals surface area contributed by atoms with E-state index in [1.54, 1.807) is 12.1 Å². The van der Waals surface area contributed by atoms with Gasteiger partial charge in [-0.15, -0.1) is 0 Å². The molecule has 1 N–H and O–H groups in total. The summed E-state index contributed by atoms with van der Waals surface area (Å²) in [5.74, 6) is 1.39. The van der Waals surface area contributed by atoms with Crippen molar-refractivity contribution in [3.05, 3.63) is 57.1 Å². The van der Waals surface area contributed by atoms with E-state index in [1.807, 2.05) is 45.0 Å². The van der Waals surface area contributed by atoms with Crippen LogP contribution in [-0.4, -0.2) is 46.8 Å². The van der Waals surface area contributed by atoms with E-state index in [2.05, 4.69) is 32.9 Å². The Labute approximate surface area is 223 Å². The van der Waals surface area contributed by atoms with Gasteiger partial charge in [0, 0.05) is 0 Å². The quantitative estimate of drug-likeness (QED) is 0.295. The van der Waals surface area contributed by atoms with Crippen molar-refractivity contribution in [1.29, 1.82) is 5.41 Å². The summed E-state index contributed by atoms with van der Waals surface area (Å²) >= 11 is 4.88. The zero-order valence-electron chi connectivity index (χ0n) is 20.6. The number of nitrogens with one attached hydrogen (secondary N) is 1. The van der Waals surface area contributed by atoms with Gasteiger partial charge in [0.1, 0.15) is 24.0 Å². The maximum absolute atomic E-state index is 12.7. The van der Waals surface area contributed by atoms with Gasteiger partial charge in [-0.1, -0.05) is 13.0 Å². The van der Waals surface area contributed by atoms with E-state index >= 15 is 0 Å². The number of halogens is 1. The number of hydrazone groups is 1. The molecule has 2 heterocycles. The second kappa shape index (κ2) is 11.3. The summed E-state index contributed by atoms with van der Waals surface area (Å²) in [6, 6.07) is 9.57. The van der Waals surface area contributed by atoms with Gasteiger partial charge in [-0.25, -0.2) is 0 Å². The highest BCUT2D eigenvalue weighted by molar-refractivity contribution is 9.10. The minimum atomic E-state index is -0.468. The molecule has 1 amide bonds. The first kappa shape index (κ1) is 26.0. The lowest BCUT2D eigenvalue weighted by Gasteiger charge is -2.20. The van der Waals surface area contributed by atoms with Crippen LogP contribution in [-0.2, 0) is 4.79 Å². The highest BCUT2D eigenvalue weighted by Crippen LogP contribution is 2.38. The lowest BCUT2D eigenvalue weighted by atomic mass is 10.1. The standard InChI is InChI=1S/C26H27BrN4O4S/c1-5-22-30-31-24(28)19(25(32)29-26(31)36-22)12-17-13-20(27)23(21(14-17)33-6-2)35-10-9-34-18-8-7-15(3)16(4)11-18/h7-8,11-14,28H,5-6,9-10H2,1-4H3/b19-12+,28-24?. The maximum atomic E-state index is 12.7. The van der Waals surface area contributed by atoms with Gasteiger partial charge in [-0.05, 0) is 102 Å². The third kappa shape index (κ3) is 5.65. The predicted octanol–water partition coefficient (Wildman–Crippen LogP) is 5.95. The molecule has 36 heavy (non-hydrogen) atoms. The number of hydrogen-bond acceptors (Lipinski definition) is 7. The van der Waals surface area contributed by atoms with Gasteiger partial charge in [-0.2, -0.15) is 15.1 Å². The smallest absolute Gasteiger partial charge is 0.283 e. The van der Waals surface area contributed by atoms with Crippen molar-refractivity contribution in [2.45, 2.75) is 34.1 Å². The molecule has 10 heteroatoms. The third-order valence-electron chi connectivity index (χ3n) is 5.52. The van der Waals surface area contributed by atoms with Gasteiger partial charge in [-0.3, -0.25) is 10.2 Å². The second-order valence-corrected chi connectivity index (χ2v) is 9.97. The second-order valence-electron chi connectivity index (χ2n) is 8.07. The number of aryl methyl sites for hydroxylation is 2. The number of ether oxygens (including phenoxy) is 3. The van der Waals surface area contributed by atoms with E-state index in [4.69, 9.17) is 19.6 Å². The van der Waals surface area contributed by atoms with Gasteiger partial charge in [0.25, 0.3) is 5.91 Å². The zero-order valence-corrected chi connectivity index (χ0v) is 23.0. The lowest BCUT2D eigenvalue weighted by molar-refractivity contribution is -0.114. The highest BCUT2D eigenvalue weighted by atomic mass is 79.9. The summed E-state index contributed by atoms with van der Waals surface area (Å²) in [6.45, 7) is 9.09. The van der Waals surface area contributed by atoms with Gasteiger partial charge in [0.2, 0.25) is 5.17 Å². The van der Waals surface area contributed by atoms with E-state index in [-0.39, 0.29) is 11.4 Å². The van der Waals surface area contributed by atoms with E-state index in [1.165, 1.54) is 27.9 Å². The molecule has 2 aromatic rings. The summed E-state index contributed by atoms with van der Waals surface area (Å²) in [5, 5.41) is 15.5. The number of carbonyl (C=O) groups excluding carboxylic acids is 1. The van der Waals surface area contributed by atoms with Crippen LogP contribution >= 0.6 is 27.7 Å². The molecule has 4 rings (SSSR count). The maximum Gasteiger partial charge on any atom is 0.283 e. The molecule has 0 bridgehead atoms. The first-order chi connectivity index (χ1) is 17.3. The van der Waals surface area contributed by atoms with Crippen molar-refractivity contribution in [3.8, 4) is 17.2 Å². The molecule has 0 saturated carbocycles. The van der Waals surface area contributed by atoms with Crippen molar-refractivity contribution in [3.63, 3.8) is 0 Å². The predicted molar refractivity (Wildman–Crippen MR) is 148 cm³/mol. The van der Waals surface area contributed by atoms with Gasteiger partial charge in [0.15, 0.2) is 17.3 Å². The minimum absolute atomic E-state index is 0.00106. The first-order valence-electron chi connectivity index (χ1n) is 11.6. The number of fused-ring (bicyclic) bond motifs is 1. The van der Waals surface area contributed by atoms with E-state index in [0.717, 1.165) is 10.8 Å². The molecule has 2 aromatic carbocycles. The molecule has 0 spiro atoms. The number of carbonyl (C=O) groups is 1. The van der Waals surface area contributed by atoms with Crippen molar-refractivity contribution >= 4 is 55.7 Å². The fourth-order valence-corrected chi connectivity index (χ4v) is 4.92. The van der Waals surface area contributed by atoms with Crippen LogP contribution in [0.2, 0.25) is 0 Å². The van der Waals surface area contributed by atoms with Gasteiger partial charge in [0.05, 0.1) is 16.7 Å². The van der Waals surface area contributed by atoms with E-state index in [0.29, 0.717) is 52.9 Å². The van der Waals surface area contributed by atoms with Crippen molar-refractivity contribution in [2.75, 3.05) is 19.8 Å². The molecule has 0 aromatic heterocycles. The Morgan fingerprint density at radius 3 is 2.58 bits per heavy atom. The molecule has 2 aliphatic heterocycles. The largest absolute Gasteiger partial charge is 0.490 e. The molecule has 0 unspecified atom stereocenters. The lowest BCUT2D eigenvalue weighted by Crippen LogP contribution is -2.35. The SMILES string of the molecule is CCOc1cc(/C=C2\C(=N)N3N=C(CC)SC3=NC2=O)cc(Br)c1OCCOc1ccc(C)c(C)c1. The average Bonchev–Trinajstić information content (AvgIpc) is 3.26. The Hall–Kier alpha value is -3.11. The minimum Gasteiger partial charge on any atom is -0.490 e. The number of benzene rings is 2. The number of amides is 1. The first-order valence-corrected chi connectivity index (χ1v) is 13.2. The number of nitrogens with zero attached hydrogens (tertiary/aromatic N) is 3. The fraction of sp³-hybridized carbons (Fsp3) is 0.308. The fourth-order valence-electron chi connectivity index (χ4n) is 3.52. The number of amidine groups is 2.